The number of carbonyl (C=O) groups is 1. The van der Waals surface area contributed by atoms with Gasteiger partial charge < -0.3 is 5.32 Å². The molecule has 0 radical (unpaired) electrons. The van der Waals surface area contributed by atoms with Crippen LogP contribution >= 0.6 is 11.6 Å². The molecule has 0 bridgehead atoms. The maximum atomic E-state index is 12.2. The number of hydrogen-bond donors (Lipinski definition) is 2. The van der Waals surface area contributed by atoms with E-state index in [-0.39, 0.29) is 22.1 Å². The zero-order chi connectivity index (χ0) is 17.1. The summed E-state index contributed by atoms with van der Waals surface area (Å²) in [6, 6.07) is 9.15. The fraction of sp³-hybridized carbons (Fsp3) is 0. The molecule has 1 amide bonds. The van der Waals surface area contributed by atoms with Crippen LogP contribution in [0.5, 0.6) is 0 Å². The van der Waals surface area contributed by atoms with Gasteiger partial charge >= 0.3 is 0 Å². The number of halogens is 1. The number of H-pyrrole nitrogens is 1. The third kappa shape index (κ3) is 3.23. The molecule has 3 aromatic rings. The average molecular weight is 344 g/mol. The van der Waals surface area contributed by atoms with Crippen LogP contribution in [0.3, 0.4) is 0 Å². The molecule has 0 saturated heterocycles. The number of amides is 1. The van der Waals surface area contributed by atoms with Crippen LogP contribution in [0.25, 0.3) is 11.3 Å². The lowest BCUT2D eigenvalue weighted by molar-refractivity contribution is -0.384. The second-order valence-electron chi connectivity index (χ2n) is 4.78. The van der Waals surface area contributed by atoms with E-state index in [9.17, 15) is 14.9 Å². The SMILES string of the molecule is O=C(Nc1cc(-c2cccc([N+](=O)[O-])c2)[nH]n1)c1ccncc1Cl. The zero-order valence-electron chi connectivity index (χ0n) is 12.1. The van der Waals surface area contributed by atoms with Gasteiger partial charge in [0.15, 0.2) is 5.82 Å². The molecule has 0 unspecified atom stereocenters. The lowest BCUT2D eigenvalue weighted by Gasteiger charge is -2.02. The second kappa shape index (κ2) is 6.47. The first-order valence-electron chi connectivity index (χ1n) is 6.75. The molecule has 8 nitrogen and oxygen atoms in total. The maximum absolute atomic E-state index is 12.2. The molecule has 1 aromatic carbocycles. The Labute approximate surface area is 140 Å². The number of nitro benzene ring substituents is 1. The molecule has 0 saturated carbocycles. The Hall–Kier alpha value is -3.26. The highest BCUT2D eigenvalue weighted by Gasteiger charge is 2.13. The number of carbonyl (C=O) groups excluding carboxylic acids is 1. The first-order valence-corrected chi connectivity index (χ1v) is 7.13. The first-order chi connectivity index (χ1) is 11.5. The molecule has 3 rings (SSSR count). The van der Waals surface area contributed by atoms with Crippen LogP contribution in [-0.2, 0) is 0 Å². The molecule has 120 valence electrons. The van der Waals surface area contributed by atoms with Crippen molar-refractivity contribution < 1.29 is 9.72 Å². The highest BCUT2D eigenvalue weighted by molar-refractivity contribution is 6.34. The summed E-state index contributed by atoms with van der Waals surface area (Å²) >= 11 is 5.92. The van der Waals surface area contributed by atoms with Crippen molar-refractivity contribution in [2.24, 2.45) is 0 Å². The molecule has 0 spiro atoms. The van der Waals surface area contributed by atoms with E-state index in [2.05, 4.69) is 20.5 Å². The van der Waals surface area contributed by atoms with Crippen LogP contribution in [0.15, 0.2) is 48.8 Å². The number of benzene rings is 1. The molecule has 2 heterocycles. The van der Waals surface area contributed by atoms with Gasteiger partial charge in [0.25, 0.3) is 11.6 Å². The van der Waals surface area contributed by atoms with Crippen LogP contribution in [0, 0.1) is 10.1 Å². The van der Waals surface area contributed by atoms with Crippen LogP contribution in [0.1, 0.15) is 10.4 Å². The minimum absolute atomic E-state index is 0.0312. The lowest BCUT2D eigenvalue weighted by atomic mass is 10.1. The van der Waals surface area contributed by atoms with Crippen LogP contribution in [0.4, 0.5) is 11.5 Å². The predicted octanol–water partition coefficient (Wildman–Crippen LogP) is 3.29. The third-order valence-electron chi connectivity index (χ3n) is 3.20. The summed E-state index contributed by atoms with van der Waals surface area (Å²) in [5, 5.41) is 20.4. The molecule has 0 aliphatic rings. The van der Waals surface area contributed by atoms with Crippen molar-refractivity contribution in [3.8, 4) is 11.3 Å². The number of nitro groups is 1. The Morgan fingerprint density at radius 3 is 2.88 bits per heavy atom. The average Bonchev–Trinajstić information content (AvgIpc) is 3.04. The predicted molar refractivity (Wildman–Crippen MR) is 87.9 cm³/mol. The highest BCUT2D eigenvalue weighted by atomic mass is 35.5. The summed E-state index contributed by atoms with van der Waals surface area (Å²) in [6.07, 6.45) is 2.83. The van der Waals surface area contributed by atoms with Crippen molar-refractivity contribution in [2.45, 2.75) is 0 Å². The monoisotopic (exact) mass is 343 g/mol. The topological polar surface area (TPSA) is 114 Å². The molecule has 0 fully saturated rings. The number of anilines is 1. The molecule has 2 aromatic heterocycles. The van der Waals surface area contributed by atoms with E-state index in [1.807, 2.05) is 0 Å². The van der Waals surface area contributed by atoms with Crippen molar-refractivity contribution in [2.75, 3.05) is 5.32 Å². The Morgan fingerprint density at radius 1 is 1.29 bits per heavy atom. The van der Waals surface area contributed by atoms with E-state index in [0.29, 0.717) is 11.3 Å². The molecule has 9 heteroatoms. The molecular formula is C15H10ClN5O3. The van der Waals surface area contributed by atoms with Gasteiger partial charge in [-0.1, -0.05) is 23.7 Å². The summed E-state index contributed by atoms with van der Waals surface area (Å²) < 4.78 is 0. The smallest absolute Gasteiger partial charge is 0.270 e. The van der Waals surface area contributed by atoms with E-state index in [1.165, 1.54) is 30.6 Å². The van der Waals surface area contributed by atoms with E-state index in [1.54, 1.807) is 18.2 Å². The standard InChI is InChI=1S/C15H10ClN5O3/c16-12-8-17-5-4-11(12)15(22)18-14-7-13(19-20-14)9-2-1-3-10(6-9)21(23)24/h1-8H,(H2,18,19,20,22). The van der Waals surface area contributed by atoms with Crippen molar-refractivity contribution in [1.82, 2.24) is 15.2 Å². The largest absolute Gasteiger partial charge is 0.305 e. The van der Waals surface area contributed by atoms with Gasteiger partial charge in [0.1, 0.15) is 0 Å². The Balaban J connectivity index is 1.81. The van der Waals surface area contributed by atoms with Crippen molar-refractivity contribution in [3.05, 3.63) is 69.5 Å². The fourth-order valence-corrected chi connectivity index (χ4v) is 2.27. The number of aromatic amines is 1. The van der Waals surface area contributed by atoms with E-state index in [4.69, 9.17) is 11.6 Å². The van der Waals surface area contributed by atoms with Crippen molar-refractivity contribution in [3.63, 3.8) is 0 Å². The number of pyridine rings is 1. The molecular weight excluding hydrogens is 334 g/mol. The molecule has 0 aliphatic heterocycles. The second-order valence-corrected chi connectivity index (χ2v) is 5.19. The fourth-order valence-electron chi connectivity index (χ4n) is 2.06. The van der Waals surface area contributed by atoms with Crippen LogP contribution in [-0.4, -0.2) is 26.0 Å². The van der Waals surface area contributed by atoms with Gasteiger partial charge in [0, 0.05) is 36.2 Å². The van der Waals surface area contributed by atoms with Crippen LogP contribution in [0.2, 0.25) is 5.02 Å². The first kappa shape index (κ1) is 15.6. The molecule has 24 heavy (non-hydrogen) atoms. The van der Waals surface area contributed by atoms with Gasteiger partial charge in [-0.15, -0.1) is 0 Å². The summed E-state index contributed by atoms with van der Waals surface area (Å²) in [5.74, 6) is -0.158. The quantitative estimate of drug-likeness (QED) is 0.557. The third-order valence-corrected chi connectivity index (χ3v) is 3.51. The molecule has 0 atom stereocenters. The van der Waals surface area contributed by atoms with E-state index < -0.39 is 10.8 Å². The van der Waals surface area contributed by atoms with Gasteiger partial charge in [-0.25, -0.2) is 0 Å². The summed E-state index contributed by atoms with van der Waals surface area (Å²) in [7, 11) is 0. The van der Waals surface area contributed by atoms with Gasteiger partial charge in [-0.3, -0.25) is 25.0 Å². The van der Waals surface area contributed by atoms with Gasteiger partial charge in [-0.05, 0) is 6.07 Å². The normalized spacial score (nSPS) is 10.4. The Morgan fingerprint density at radius 2 is 2.12 bits per heavy atom. The lowest BCUT2D eigenvalue weighted by Crippen LogP contribution is -2.12. The maximum Gasteiger partial charge on any atom is 0.270 e. The van der Waals surface area contributed by atoms with Crippen molar-refractivity contribution in [1.29, 1.82) is 0 Å². The van der Waals surface area contributed by atoms with E-state index >= 15 is 0 Å². The number of nitrogens with zero attached hydrogens (tertiary/aromatic N) is 3. The number of aromatic nitrogens is 3. The van der Waals surface area contributed by atoms with E-state index in [0.717, 1.165) is 0 Å². The summed E-state index contributed by atoms with van der Waals surface area (Å²) in [5.41, 5.74) is 1.36. The Kier molecular flexibility index (Phi) is 4.21. The van der Waals surface area contributed by atoms with Crippen LogP contribution < -0.4 is 5.32 Å². The van der Waals surface area contributed by atoms with Gasteiger partial charge in [0.2, 0.25) is 0 Å². The highest BCUT2D eigenvalue weighted by Crippen LogP contribution is 2.24. The number of nitrogens with one attached hydrogen (secondary N) is 2. The number of non-ortho nitro benzene ring substituents is 1. The minimum Gasteiger partial charge on any atom is -0.305 e. The summed E-state index contributed by atoms with van der Waals surface area (Å²) in [6.45, 7) is 0. The Bertz CT molecular complexity index is 925. The van der Waals surface area contributed by atoms with Gasteiger partial charge in [0.05, 0.1) is 21.2 Å². The molecule has 0 aliphatic carbocycles. The van der Waals surface area contributed by atoms with Crippen molar-refractivity contribution >= 4 is 29.0 Å². The summed E-state index contributed by atoms with van der Waals surface area (Å²) in [4.78, 5) is 26.3. The minimum atomic E-state index is -0.478. The zero-order valence-corrected chi connectivity index (χ0v) is 12.8. The molecule has 2 N–H and O–H groups in total. The number of rotatable bonds is 4. The van der Waals surface area contributed by atoms with Gasteiger partial charge in [-0.2, -0.15) is 5.10 Å². The number of hydrogen-bond acceptors (Lipinski definition) is 5.